The van der Waals surface area contributed by atoms with E-state index in [-0.39, 0.29) is 10.8 Å². The van der Waals surface area contributed by atoms with E-state index in [0.29, 0.717) is 6.04 Å². The Balaban J connectivity index is 2.01. The monoisotopic (exact) mass is 267 g/mol. The lowest BCUT2D eigenvalue weighted by molar-refractivity contribution is 0.0561. The van der Waals surface area contributed by atoms with Gasteiger partial charge in [-0.1, -0.05) is 20.8 Å². The smallest absolute Gasteiger partial charge is 0.0889 e. The molecule has 0 saturated carbocycles. The fourth-order valence-electron chi connectivity index (χ4n) is 4.22. The van der Waals surface area contributed by atoms with Crippen LogP contribution in [-0.4, -0.2) is 22.6 Å². The van der Waals surface area contributed by atoms with Crippen LogP contribution in [-0.2, 0) is 11.8 Å². The summed E-state index contributed by atoms with van der Waals surface area (Å²) in [5.41, 5.74) is 5.49. The summed E-state index contributed by atoms with van der Waals surface area (Å²) < 4.78 is 0. The van der Waals surface area contributed by atoms with Gasteiger partial charge in [0.2, 0.25) is 0 Å². The molecule has 4 rings (SSSR count). The maximum atomic E-state index is 4.50. The van der Waals surface area contributed by atoms with Crippen LogP contribution in [0.15, 0.2) is 24.5 Å². The summed E-state index contributed by atoms with van der Waals surface area (Å²) in [7, 11) is 0. The van der Waals surface area contributed by atoms with Gasteiger partial charge in [0, 0.05) is 23.9 Å². The van der Waals surface area contributed by atoms with Gasteiger partial charge in [0.1, 0.15) is 0 Å². The molecule has 1 saturated heterocycles. The van der Waals surface area contributed by atoms with Crippen LogP contribution in [0.4, 0.5) is 0 Å². The van der Waals surface area contributed by atoms with E-state index in [1.807, 2.05) is 0 Å². The minimum absolute atomic E-state index is 0.224. The lowest BCUT2D eigenvalue weighted by Crippen LogP contribution is -2.62. The maximum Gasteiger partial charge on any atom is 0.0889 e. The van der Waals surface area contributed by atoms with Gasteiger partial charge >= 0.3 is 0 Å². The predicted octanol–water partition coefficient (Wildman–Crippen LogP) is 2.83. The molecule has 2 aromatic rings. The van der Waals surface area contributed by atoms with E-state index >= 15 is 0 Å². The fourth-order valence-corrected chi connectivity index (χ4v) is 4.22. The molecule has 1 N–H and O–H groups in total. The van der Waals surface area contributed by atoms with Gasteiger partial charge in [-0.15, -0.1) is 0 Å². The molecule has 3 nitrogen and oxygen atoms in total. The molecule has 2 heterocycles. The van der Waals surface area contributed by atoms with Crippen LogP contribution in [0.2, 0.25) is 0 Å². The van der Waals surface area contributed by atoms with Crippen LogP contribution in [0.3, 0.4) is 0 Å². The molecule has 3 heteroatoms. The van der Waals surface area contributed by atoms with E-state index in [1.54, 1.807) is 12.4 Å². The van der Waals surface area contributed by atoms with Crippen molar-refractivity contribution in [1.29, 1.82) is 0 Å². The largest absolute Gasteiger partial charge is 0.313 e. The van der Waals surface area contributed by atoms with Crippen molar-refractivity contribution >= 4 is 11.0 Å². The number of fused-ring (bicyclic) bond motifs is 5. The summed E-state index contributed by atoms with van der Waals surface area (Å²) in [6, 6.07) is 5.11. The van der Waals surface area contributed by atoms with Crippen molar-refractivity contribution in [2.24, 2.45) is 5.41 Å². The minimum Gasteiger partial charge on any atom is -0.313 e. The summed E-state index contributed by atoms with van der Waals surface area (Å²) in [6.07, 6.45) is 5.86. The molecule has 2 bridgehead atoms. The predicted molar refractivity (Wildman–Crippen MR) is 80.8 cm³/mol. The van der Waals surface area contributed by atoms with Gasteiger partial charge in [-0.3, -0.25) is 9.97 Å². The third-order valence-corrected chi connectivity index (χ3v) is 6.02. The fraction of sp³-hybridized carbons (Fsp3) is 0.529. The highest BCUT2D eigenvalue weighted by Crippen LogP contribution is 2.53. The Hall–Kier alpha value is -1.48. The number of piperidine rings is 1. The molecule has 2 aliphatic rings. The van der Waals surface area contributed by atoms with E-state index in [4.69, 9.17) is 0 Å². The maximum absolute atomic E-state index is 4.50. The second kappa shape index (κ2) is 3.79. The second-order valence-corrected chi connectivity index (χ2v) is 7.07. The topological polar surface area (TPSA) is 37.8 Å². The minimum atomic E-state index is 0.224. The highest BCUT2D eigenvalue weighted by Gasteiger charge is 2.53. The summed E-state index contributed by atoms with van der Waals surface area (Å²) in [4.78, 5) is 8.96. The van der Waals surface area contributed by atoms with E-state index in [9.17, 15) is 0 Å². The average molecular weight is 267 g/mol. The first kappa shape index (κ1) is 12.3. The molecule has 1 unspecified atom stereocenters. The van der Waals surface area contributed by atoms with Crippen LogP contribution < -0.4 is 5.32 Å². The zero-order chi connectivity index (χ0) is 14.0. The van der Waals surface area contributed by atoms with Gasteiger partial charge in [0.05, 0.1) is 11.0 Å². The van der Waals surface area contributed by atoms with E-state index in [1.165, 1.54) is 17.5 Å². The molecule has 0 amide bonds. The van der Waals surface area contributed by atoms with Crippen LogP contribution >= 0.6 is 0 Å². The average Bonchev–Trinajstić information content (AvgIpc) is 2.41. The Morgan fingerprint density at radius 2 is 1.80 bits per heavy atom. The Bertz CT molecular complexity index is 692. The number of aromatic nitrogens is 2. The van der Waals surface area contributed by atoms with E-state index < -0.39 is 0 Å². The number of nitrogens with zero attached hydrogens (tertiary/aromatic N) is 2. The van der Waals surface area contributed by atoms with Crippen molar-refractivity contribution in [3.05, 3.63) is 35.7 Å². The molecule has 20 heavy (non-hydrogen) atoms. The Morgan fingerprint density at radius 1 is 1.10 bits per heavy atom. The lowest BCUT2D eigenvalue weighted by atomic mass is 9.51. The van der Waals surface area contributed by atoms with Crippen molar-refractivity contribution in [1.82, 2.24) is 15.3 Å². The van der Waals surface area contributed by atoms with Crippen LogP contribution in [0, 0.1) is 5.41 Å². The molecule has 1 aliphatic carbocycles. The SMILES string of the molecule is CC12CCN[C@H](Cc3cc4nccnc4cc31)C2(C)C. The van der Waals surface area contributed by atoms with E-state index in [2.05, 4.69) is 48.2 Å². The Morgan fingerprint density at radius 3 is 2.55 bits per heavy atom. The standard InChI is InChI=1S/C17H21N3/c1-16(2)15-9-11-8-13-14(19-7-6-18-13)10-12(11)17(16,3)4-5-20-15/h6-8,10,15,20H,4-5,9H2,1-3H3/t15-,17?/m1/s1. The third kappa shape index (κ3) is 1.39. The quantitative estimate of drug-likeness (QED) is 0.797. The molecule has 0 spiro atoms. The Labute approximate surface area is 119 Å². The summed E-state index contributed by atoms with van der Waals surface area (Å²) in [6.45, 7) is 8.37. The molecule has 1 fully saturated rings. The first-order valence-electron chi connectivity index (χ1n) is 7.50. The van der Waals surface area contributed by atoms with Gasteiger partial charge in [-0.05, 0) is 48.1 Å². The van der Waals surface area contributed by atoms with Crippen molar-refractivity contribution in [2.45, 2.75) is 45.1 Å². The number of hydrogen-bond acceptors (Lipinski definition) is 3. The first-order valence-corrected chi connectivity index (χ1v) is 7.50. The lowest BCUT2D eigenvalue weighted by Gasteiger charge is -2.57. The van der Waals surface area contributed by atoms with Crippen molar-refractivity contribution in [3.63, 3.8) is 0 Å². The molecule has 2 atom stereocenters. The normalized spacial score (nSPS) is 31.1. The Kier molecular flexibility index (Phi) is 2.33. The zero-order valence-electron chi connectivity index (χ0n) is 12.4. The number of hydrogen-bond donors (Lipinski definition) is 1. The number of rotatable bonds is 0. The number of benzene rings is 1. The molecule has 104 valence electrons. The van der Waals surface area contributed by atoms with Gasteiger partial charge in [-0.2, -0.15) is 0 Å². The molecule has 1 aromatic carbocycles. The van der Waals surface area contributed by atoms with Crippen LogP contribution in [0.5, 0.6) is 0 Å². The van der Waals surface area contributed by atoms with Crippen molar-refractivity contribution in [2.75, 3.05) is 6.54 Å². The molecule has 1 aliphatic heterocycles. The van der Waals surface area contributed by atoms with Crippen molar-refractivity contribution in [3.8, 4) is 0 Å². The van der Waals surface area contributed by atoms with Gasteiger partial charge in [0.15, 0.2) is 0 Å². The summed E-state index contributed by atoms with van der Waals surface area (Å²) in [5.74, 6) is 0. The molecular formula is C17H21N3. The second-order valence-electron chi connectivity index (χ2n) is 7.07. The van der Waals surface area contributed by atoms with Crippen LogP contribution in [0.1, 0.15) is 38.3 Å². The molecular weight excluding hydrogens is 246 g/mol. The molecule has 1 aromatic heterocycles. The highest BCUT2D eigenvalue weighted by molar-refractivity contribution is 5.77. The highest BCUT2D eigenvalue weighted by atomic mass is 15.0. The first-order chi connectivity index (χ1) is 9.52. The number of nitrogens with one attached hydrogen (secondary N) is 1. The molecule has 0 radical (unpaired) electrons. The van der Waals surface area contributed by atoms with Crippen molar-refractivity contribution < 1.29 is 0 Å². The summed E-state index contributed by atoms with van der Waals surface area (Å²) in [5, 5.41) is 3.72. The zero-order valence-corrected chi connectivity index (χ0v) is 12.4. The third-order valence-electron chi connectivity index (χ3n) is 6.02. The van der Waals surface area contributed by atoms with Gasteiger partial charge < -0.3 is 5.32 Å². The van der Waals surface area contributed by atoms with E-state index in [0.717, 1.165) is 24.0 Å². The van der Waals surface area contributed by atoms with Gasteiger partial charge in [-0.25, -0.2) is 0 Å². The summed E-state index contributed by atoms with van der Waals surface area (Å²) >= 11 is 0. The van der Waals surface area contributed by atoms with Gasteiger partial charge in [0.25, 0.3) is 0 Å². The van der Waals surface area contributed by atoms with Crippen LogP contribution in [0.25, 0.3) is 11.0 Å².